The lowest BCUT2D eigenvalue weighted by Crippen LogP contribution is -2.50. The van der Waals surface area contributed by atoms with Crippen molar-refractivity contribution in [2.24, 2.45) is 17.2 Å². The van der Waals surface area contributed by atoms with Crippen LogP contribution in [0.1, 0.15) is 162 Å². The molecule has 0 aromatic heterocycles. The molecule has 0 heterocycles. The minimum Gasteiger partial charge on any atom is -0.374 e. The van der Waals surface area contributed by atoms with Gasteiger partial charge in [-0.3, -0.25) is 0 Å². The van der Waals surface area contributed by atoms with Gasteiger partial charge in [-0.2, -0.15) is 0 Å². The second-order valence-electron chi connectivity index (χ2n) is 12.0. The van der Waals surface area contributed by atoms with Crippen LogP contribution in [0.15, 0.2) is 0 Å². The molecule has 0 saturated heterocycles. The summed E-state index contributed by atoms with van der Waals surface area (Å²) >= 11 is 0. The van der Waals surface area contributed by atoms with Crippen molar-refractivity contribution >= 4 is 0 Å². The molecule has 0 rings (SSSR count). The zero-order valence-corrected chi connectivity index (χ0v) is 27.3. The number of nitrogens with two attached hydrogens (primary N) is 3. The Morgan fingerprint density at radius 2 is 0.975 bits per heavy atom. The molecule has 0 bridgehead atoms. The molecule has 6 nitrogen and oxygen atoms in total. The molecular weight excluding hydrogens is 496 g/mol. The van der Waals surface area contributed by atoms with E-state index < -0.39 is 0 Å². The van der Waals surface area contributed by atoms with E-state index in [1.807, 2.05) is 0 Å². The lowest BCUT2D eigenvalue weighted by molar-refractivity contribution is -0.0814. The van der Waals surface area contributed by atoms with Crippen LogP contribution in [0.3, 0.4) is 0 Å². The SMILES string of the molecule is CCCCCCCCCCCCOC(CN)C(OCCCCCCCCCCCC)C(N)CCNCCCCN. The van der Waals surface area contributed by atoms with Gasteiger partial charge in [0.1, 0.15) is 0 Å². The molecule has 242 valence electrons. The van der Waals surface area contributed by atoms with Crippen molar-refractivity contribution in [2.45, 2.75) is 180 Å². The van der Waals surface area contributed by atoms with E-state index in [2.05, 4.69) is 19.2 Å². The standard InChI is InChI=1S/C34H74N4O2/c1-3-5-7-9-11-13-15-17-19-23-29-39-33(31-36)34(32(37)25-28-38-27-22-21-26-35)40-30-24-20-18-16-14-12-10-8-6-4-2/h32-34,38H,3-31,35-37H2,1-2H3. The third kappa shape index (κ3) is 26.6. The van der Waals surface area contributed by atoms with E-state index in [4.69, 9.17) is 26.7 Å². The predicted molar refractivity (Wildman–Crippen MR) is 176 cm³/mol. The Morgan fingerprint density at radius 1 is 0.525 bits per heavy atom. The van der Waals surface area contributed by atoms with Crippen molar-refractivity contribution < 1.29 is 9.47 Å². The molecular formula is C34H74N4O2. The van der Waals surface area contributed by atoms with E-state index in [0.29, 0.717) is 6.54 Å². The number of hydrogen-bond acceptors (Lipinski definition) is 6. The average molecular weight is 571 g/mol. The van der Waals surface area contributed by atoms with E-state index in [1.165, 1.54) is 116 Å². The largest absolute Gasteiger partial charge is 0.374 e. The fourth-order valence-corrected chi connectivity index (χ4v) is 5.39. The molecule has 6 heteroatoms. The maximum atomic E-state index is 6.67. The zero-order valence-electron chi connectivity index (χ0n) is 27.3. The highest BCUT2D eigenvalue weighted by Crippen LogP contribution is 2.15. The van der Waals surface area contributed by atoms with Crippen LogP contribution in [0.25, 0.3) is 0 Å². The number of hydrogen-bond donors (Lipinski definition) is 4. The molecule has 0 amide bonds. The molecule has 0 aliphatic rings. The van der Waals surface area contributed by atoms with Crippen LogP contribution in [-0.4, -0.2) is 57.6 Å². The molecule has 0 radical (unpaired) electrons. The van der Waals surface area contributed by atoms with Crippen molar-refractivity contribution in [1.29, 1.82) is 0 Å². The number of nitrogens with one attached hydrogen (secondary N) is 1. The van der Waals surface area contributed by atoms with Crippen LogP contribution in [0.4, 0.5) is 0 Å². The summed E-state index contributed by atoms with van der Waals surface area (Å²) in [4.78, 5) is 0. The summed E-state index contributed by atoms with van der Waals surface area (Å²) in [5.41, 5.74) is 18.5. The Morgan fingerprint density at radius 3 is 1.43 bits per heavy atom. The van der Waals surface area contributed by atoms with E-state index in [1.54, 1.807) is 0 Å². The van der Waals surface area contributed by atoms with Crippen LogP contribution in [0, 0.1) is 0 Å². The summed E-state index contributed by atoms with van der Waals surface area (Å²) in [7, 11) is 0. The summed E-state index contributed by atoms with van der Waals surface area (Å²) in [6, 6.07) is -0.0774. The number of ether oxygens (including phenoxy) is 2. The minimum absolute atomic E-state index is 0.0774. The molecule has 0 aliphatic heterocycles. The maximum Gasteiger partial charge on any atom is 0.0999 e. The zero-order chi connectivity index (χ0) is 29.4. The molecule has 3 unspecified atom stereocenters. The minimum atomic E-state index is -0.141. The van der Waals surface area contributed by atoms with Crippen LogP contribution in [-0.2, 0) is 9.47 Å². The monoisotopic (exact) mass is 571 g/mol. The maximum absolute atomic E-state index is 6.67. The molecule has 0 fully saturated rings. The Labute approximate surface area is 251 Å². The first-order valence-electron chi connectivity index (χ1n) is 17.8. The van der Waals surface area contributed by atoms with Gasteiger partial charge in [-0.25, -0.2) is 0 Å². The lowest BCUT2D eigenvalue weighted by Gasteiger charge is -2.31. The third-order valence-electron chi connectivity index (χ3n) is 8.12. The highest BCUT2D eigenvalue weighted by molar-refractivity contribution is 4.83. The van der Waals surface area contributed by atoms with E-state index in [-0.39, 0.29) is 18.2 Å². The normalized spacial score (nSPS) is 14.0. The fraction of sp³-hybridized carbons (Fsp3) is 1.00. The third-order valence-corrected chi connectivity index (χ3v) is 8.12. The van der Waals surface area contributed by atoms with E-state index in [9.17, 15) is 0 Å². The number of rotatable bonds is 34. The summed E-state index contributed by atoms with van der Waals surface area (Å²) in [6.07, 6.45) is 29.3. The van der Waals surface area contributed by atoms with Gasteiger partial charge < -0.3 is 32.0 Å². The van der Waals surface area contributed by atoms with Gasteiger partial charge >= 0.3 is 0 Å². The molecule has 0 spiro atoms. The molecule has 40 heavy (non-hydrogen) atoms. The summed E-state index contributed by atoms with van der Waals surface area (Å²) in [6.45, 7) is 9.15. The van der Waals surface area contributed by atoms with Crippen LogP contribution < -0.4 is 22.5 Å². The smallest absolute Gasteiger partial charge is 0.0999 e. The van der Waals surface area contributed by atoms with E-state index >= 15 is 0 Å². The first-order chi connectivity index (χ1) is 19.7. The Balaban J connectivity index is 4.31. The van der Waals surface area contributed by atoms with Crippen molar-refractivity contribution in [3.63, 3.8) is 0 Å². The fourth-order valence-electron chi connectivity index (χ4n) is 5.39. The second-order valence-corrected chi connectivity index (χ2v) is 12.0. The van der Waals surface area contributed by atoms with Gasteiger partial charge in [0.05, 0.1) is 12.2 Å². The van der Waals surface area contributed by atoms with Gasteiger partial charge in [-0.15, -0.1) is 0 Å². The summed E-state index contributed by atoms with van der Waals surface area (Å²) in [5, 5.41) is 3.50. The molecule has 0 saturated carbocycles. The molecule has 7 N–H and O–H groups in total. The molecule has 0 aromatic carbocycles. The van der Waals surface area contributed by atoms with Crippen molar-refractivity contribution in [1.82, 2.24) is 5.32 Å². The van der Waals surface area contributed by atoms with Gasteiger partial charge in [0.2, 0.25) is 0 Å². The van der Waals surface area contributed by atoms with Crippen molar-refractivity contribution in [3.05, 3.63) is 0 Å². The van der Waals surface area contributed by atoms with Crippen LogP contribution in [0.5, 0.6) is 0 Å². The Kier molecular flexibility index (Phi) is 33.1. The first kappa shape index (κ1) is 39.8. The second kappa shape index (κ2) is 33.3. The Hall–Kier alpha value is -0.240. The molecule has 0 aromatic rings. The predicted octanol–water partition coefficient (Wildman–Crippen LogP) is 7.60. The van der Waals surface area contributed by atoms with Crippen molar-refractivity contribution in [2.75, 3.05) is 39.4 Å². The highest BCUT2D eigenvalue weighted by Gasteiger charge is 2.28. The van der Waals surface area contributed by atoms with Crippen LogP contribution in [0.2, 0.25) is 0 Å². The Bertz CT molecular complexity index is 469. The lowest BCUT2D eigenvalue weighted by atomic mass is 10.0. The quantitative estimate of drug-likeness (QED) is 0.0593. The van der Waals surface area contributed by atoms with Gasteiger partial charge in [-0.05, 0) is 51.7 Å². The van der Waals surface area contributed by atoms with E-state index in [0.717, 1.165) is 65.0 Å². The van der Waals surface area contributed by atoms with Crippen LogP contribution >= 0.6 is 0 Å². The highest BCUT2D eigenvalue weighted by atomic mass is 16.5. The molecule has 0 aliphatic carbocycles. The van der Waals surface area contributed by atoms with Gasteiger partial charge in [0.15, 0.2) is 0 Å². The summed E-state index contributed by atoms with van der Waals surface area (Å²) < 4.78 is 12.7. The van der Waals surface area contributed by atoms with Crippen molar-refractivity contribution in [3.8, 4) is 0 Å². The first-order valence-corrected chi connectivity index (χ1v) is 17.8. The molecule has 3 atom stereocenters. The van der Waals surface area contributed by atoms with Gasteiger partial charge in [-0.1, -0.05) is 129 Å². The van der Waals surface area contributed by atoms with Gasteiger partial charge in [0, 0.05) is 25.8 Å². The average Bonchev–Trinajstić information content (AvgIpc) is 2.96. The van der Waals surface area contributed by atoms with Gasteiger partial charge in [0.25, 0.3) is 0 Å². The topological polar surface area (TPSA) is 109 Å². The summed E-state index contributed by atoms with van der Waals surface area (Å²) in [5.74, 6) is 0. The number of unbranched alkanes of at least 4 members (excludes halogenated alkanes) is 19.